The summed E-state index contributed by atoms with van der Waals surface area (Å²) in [6, 6.07) is 19.3. The van der Waals surface area contributed by atoms with Crippen molar-refractivity contribution in [2.24, 2.45) is 0 Å². The summed E-state index contributed by atoms with van der Waals surface area (Å²) in [5.74, 6) is -0.582. The summed E-state index contributed by atoms with van der Waals surface area (Å²) in [6.45, 7) is 0. The normalized spacial score (nSPS) is 24.7. The fourth-order valence-corrected chi connectivity index (χ4v) is 2.54. The van der Waals surface area contributed by atoms with Crippen LogP contribution in [-0.4, -0.2) is 13.1 Å². The zero-order valence-corrected chi connectivity index (χ0v) is 12.3. The Bertz CT molecular complexity index is 697. The molecule has 1 heterocycles. The molecule has 2 aromatic rings. The van der Waals surface area contributed by atoms with Gasteiger partial charge in [0.25, 0.3) is 0 Å². The second kappa shape index (κ2) is 6.48. The predicted octanol–water partition coefficient (Wildman–Crippen LogP) is 3.99. The van der Waals surface area contributed by atoms with Crippen molar-refractivity contribution in [3.05, 3.63) is 83.6 Å². The monoisotopic (exact) mass is 295 g/mol. The van der Waals surface area contributed by atoms with Gasteiger partial charge < -0.3 is 9.47 Å². The van der Waals surface area contributed by atoms with Gasteiger partial charge >= 0.3 is 5.97 Å². The van der Waals surface area contributed by atoms with E-state index in [0.717, 1.165) is 11.1 Å². The molecule has 3 rings (SSSR count). The number of allylic oxidation sites excluding steroid dienone is 1. The molecule has 3 atom stereocenters. The van der Waals surface area contributed by atoms with Crippen LogP contribution in [0.5, 0.6) is 0 Å². The number of carbonyl (C=O) groups is 1. The second-order valence-electron chi connectivity index (χ2n) is 5.10. The third-order valence-electron chi connectivity index (χ3n) is 3.67. The lowest BCUT2D eigenvalue weighted by atomic mass is 9.88. The predicted molar refractivity (Wildman–Crippen MR) is 84.2 cm³/mol. The van der Waals surface area contributed by atoms with Gasteiger partial charge in [-0.05, 0) is 23.6 Å². The molecular formula is C19H18O3. The van der Waals surface area contributed by atoms with Crippen molar-refractivity contribution < 1.29 is 15.6 Å². The maximum absolute atomic E-state index is 12.0. The number of hydrogen-bond acceptors (Lipinski definition) is 3. The molecule has 0 fully saturated rings. The minimum absolute atomic E-state index is 0.165. The van der Waals surface area contributed by atoms with Gasteiger partial charge in [-0.1, -0.05) is 60.7 Å². The van der Waals surface area contributed by atoms with Crippen molar-refractivity contribution in [3.63, 3.8) is 0 Å². The minimum atomic E-state index is -0.548. The van der Waals surface area contributed by atoms with E-state index in [0.29, 0.717) is 0 Å². The zero-order chi connectivity index (χ0) is 16.2. The van der Waals surface area contributed by atoms with E-state index in [1.54, 1.807) is 6.08 Å². The van der Waals surface area contributed by atoms with Gasteiger partial charge in [0.1, 0.15) is 6.10 Å². The first-order valence-corrected chi connectivity index (χ1v) is 7.19. The molecular weight excluding hydrogens is 276 g/mol. The van der Waals surface area contributed by atoms with Gasteiger partial charge in [0.2, 0.25) is 5.76 Å². The largest absolute Gasteiger partial charge is 0.479 e. The van der Waals surface area contributed by atoms with E-state index in [1.807, 2.05) is 60.7 Å². The lowest BCUT2D eigenvalue weighted by Gasteiger charge is -2.29. The van der Waals surface area contributed by atoms with E-state index < -0.39 is 18.5 Å². The summed E-state index contributed by atoms with van der Waals surface area (Å²) in [5, 5.41) is 0. The highest BCUT2D eigenvalue weighted by Gasteiger charge is 2.29. The van der Waals surface area contributed by atoms with Crippen LogP contribution in [-0.2, 0) is 14.3 Å². The molecule has 2 aromatic carbocycles. The van der Waals surface area contributed by atoms with E-state index in [4.69, 9.17) is 10.8 Å². The number of methoxy groups -OCH3 is 1. The van der Waals surface area contributed by atoms with Crippen molar-refractivity contribution in [2.45, 2.75) is 18.4 Å². The van der Waals surface area contributed by atoms with E-state index >= 15 is 0 Å². The molecule has 1 aliphatic rings. The Hall–Kier alpha value is -2.55. The molecule has 112 valence electrons. The molecule has 3 heteroatoms. The van der Waals surface area contributed by atoms with Gasteiger partial charge in [0.15, 0.2) is 0 Å². The SMILES string of the molecule is [2H][C@H]1[C@@H](c2ccccc2)C=C(C(=O)OC)O[C@H]1c1ccccc1. The molecule has 0 aromatic heterocycles. The van der Waals surface area contributed by atoms with Gasteiger partial charge in [0.05, 0.1) is 7.11 Å². The van der Waals surface area contributed by atoms with Crippen molar-refractivity contribution in [1.82, 2.24) is 0 Å². The molecule has 3 nitrogen and oxygen atoms in total. The molecule has 1 aliphatic heterocycles. The second-order valence-corrected chi connectivity index (χ2v) is 5.10. The van der Waals surface area contributed by atoms with Crippen LogP contribution < -0.4 is 0 Å². The molecule has 0 radical (unpaired) electrons. The highest BCUT2D eigenvalue weighted by molar-refractivity contribution is 5.86. The summed E-state index contributed by atoms with van der Waals surface area (Å²) in [4.78, 5) is 12.0. The lowest BCUT2D eigenvalue weighted by Crippen LogP contribution is -2.20. The van der Waals surface area contributed by atoms with Crippen LogP contribution in [0.2, 0.25) is 0 Å². The highest BCUT2D eigenvalue weighted by Crippen LogP contribution is 2.38. The standard InChI is InChI=1S/C19H18O3/c1-21-19(20)18-13-16(14-8-4-2-5-9-14)12-17(22-18)15-10-6-3-7-11-15/h2-11,13,16-17H,12H2,1H3/t16-,17-/m1/s1/i12D/t12-,16+,17+/m0. The number of carbonyl (C=O) groups excluding carboxylic acids is 1. The number of ether oxygens (including phenoxy) is 2. The number of rotatable bonds is 3. The quantitative estimate of drug-likeness (QED) is 0.803. The fraction of sp³-hybridized carbons (Fsp3) is 0.211. The van der Waals surface area contributed by atoms with Crippen LogP contribution in [0.4, 0.5) is 0 Å². The third kappa shape index (κ3) is 3.03. The lowest BCUT2D eigenvalue weighted by molar-refractivity contribution is -0.142. The maximum Gasteiger partial charge on any atom is 0.373 e. The molecule has 0 saturated heterocycles. The van der Waals surface area contributed by atoms with E-state index in [1.165, 1.54) is 7.11 Å². The van der Waals surface area contributed by atoms with Gasteiger partial charge in [-0.25, -0.2) is 4.79 Å². The average molecular weight is 295 g/mol. The van der Waals surface area contributed by atoms with Gasteiger partial charge in [-0.15, -0.1) is 0 Å². The third-order valence-corrected chi connectivity index (χ3v) is 3.67. The molecule has 0 bridgehead atoms. The number of esters is 1. The fourth-order valence-electron chi connectivity index (χ4n) is 2.54. The first-order chi connectivity index (χ1) is 11.2. The Morgan fingerprint density at radius 1 is 1.09 bits per heavy atom. The average Bonchev–Trinajstić information content (AvgIpc) is 2.62. The van der Waals surface area contributed by atoms with Crippen LogP contribution in [0.25, 0.3) is 0 Å². The summed E-state index contributed by atoms with van der Waals surface area (Å²) in [6.07, 6.45) is 0.631. The zero-order valence-electron chi connectivity index (χ0n) is 13.3. The Morgan fingerprint density at radius 2 is 1.68 bits per heavy atom. The van der Waals surface area contributed by atoms with Crippen LogP contribution >= 0.6 is 0 Å². The molecule has 22 heavy (non-hydrogen) atoms. The maximum atomic E-state index is 12.0. The highest BCUT2D eigenvalue weighted by atomic mass is 16.6. The van der Waals surface area contributed by atoms with Crippen molar-refractivity contribution in [3.8, 4) is 0 Å². The van der Waals surface area contributed by atoms with Crippen molar-refractivity contribution >= 4 is 5.97 Å². The molecule has 0 saturated carbocycles. The van der Waals surface area contributed by atoms with E-state index in [2.05, 4.69) is 0 Å². The van der Waals surface area contributed by atoms with Crippen LogP contribution in [0.15, 0.2) is 72.5 Å². The Morgan fingerprint density at radius 3 is 2.27 bits per heavy atom. The topological polar surface area (TPSA) is 35.5 Å². The summed E-state index contributed by atoms with van der Waals surface area (Å²) in [7, 11) is 1.33. The van der Waals surface area contributed by atoms with Crippen molar-refractivity contribution in [2.75, 3.05) is 7.11 Å². The van der Waals surface area contributed by atoms with Crippen molar-refractivity contribution in [1.29, 1.82) is 0 Å². The Labute approximate surface area is 131 Å². The van der Waals surface area contributed by atoms with Crippen LogP contribution in [0, 0.1) is 0 Å². The smallest absolute Gasteiger partial charge is 0.373 e. The first kappa shape index (κ1) is 13.1. The van der Waals surface area contributed by atoms with Gasteiger partial charge in [-0.2, -0.15) is 0 Å². The number of hydrogen-bond donors (Lipinski definition) is 0. The molecule has 0 aliphatic carbocycles. The van der Waals surface area contributed by atoms with E-state index in [-0.39, 0.29) is 11.7 Å². The molecule has 0 N–H and O–H groups in total. The minimum Gasteiger partial charge on any atom is -0.479 e. The van der Waals surface area contributed by atoms with Gasteiger partial charge in [0, 0.05) is 7.29 Å². The van der Waals surface area contributed by atoms with E-state index in [9.17, 15) is 4.79 Å². The van der Waals surface area contributed by atoms with Crippen LogP contribution in [0.3, 0.4) is 0 Å². The molecule has 0 unspecified atom stereocenters. The first-order valence-electron chi connectivity index (χ1n) is 7.77. The summed E-state index contributed by atoms with van der Waals surface area (Å²) < 4.78 is 19.2. The molecule has 0 spiro atoms. The Balaban J connectivity index is 2.02. The summed E-state index contributed by atoms with van der Waals surface area (Å²) >= 11 is 0. The van der Waals surface area contributed by atoms with Crippen LogP contribution in [0.1, 0.15) is 30.9 Å². The number of benzene rings is 2. The molecule has 0 amide bonds. The van der Waals surface area contributed by atoms with Gasteiger partial charge in [-0.3, -0.25) is 0 Å². The Kier molecular flexibility index (Phi) is 3.87. The summed E-state index contributed by atoms with van der Waals surface area (Å²) in [5.41, 5.74) is 1.86.